The van der Waals surface area contributed by atoms with E-state index in [4.69, 9.17) is 0 Å². The zero-order valence-electron chi connectivity index (χ0n) is 15.3. The standard InChI is InChI=1S/C18H17BrF3N5O/c1-10-13(11(2)27(24-10)12-7-5-4-6-8-12)9-23-17(28)15-14(19)16(18(20,21)22)25-26(15)3/h4-8H,9H2,1-3H3,(H,23,28). The van der Waals surface area contributed by atoms with Crippen molar-refractivity contribution in [3.8, 4) is 5.69 Å². The molecule has 2 heterocycles. The van der Waals surface area contributed by atoms with E-state index in [1.807, 2.05) is 44.2 Å². The number of hydrogen-bond acceptors (Lipinski definition) is 3. The first-order valence-corrected chi connectivity index (χ1v) is 9.09. The molecule has 1 aromatic carbocycles. The Balaban J connectivity index is 1.83. The molecule has 3 aromatic rings. The summed E-state index contributed by atoms with van der Waals surface area (Å²) in [6.07, 6.45) is -4.65. The highest BCUT2D eigenvalue weighted by Gasteiger charge is 2.39. The predicted octanol–water partition coefficient (Wildman–Crippen LogP) is 3.93. The maximum Gasteiger partial charge on any atom is 0.436 e. The number of halogens is 4. The normalized spacial score (nSPS) is 11.7. The van der Waals surface area contributed by atoms with E-state index in [-0.39, 0.29) is 16.7 Å². The third-order valence-electron chi connectivity index (χ3n) is 4.34. The van der Waals surface area contributed by atoms with Crippen LogP contribution in [0.15, 0.2) is 34.8 Å². The number of aromatic nitrogens is 4. The van der Waals surface area contributed by atoms with E-state index in [2.05, 4.69) is 31.4 Å². The fourth-order valence-corrected chi connectivity index (χ4v) is 3.67. The molecule has 0 aliphatic heterocycles. The van der Waals surface area contributed by atoms with E-state index in [0.717, 1.165) is 27.3 Å². The number of nitrogens with one attached hydrogen (secondary N) is 1. The zero-order valence-corrected chi connectivity index (χ0v) is 16.9. The van der Waals surface area contributed by atoms with Crippen LogP contribution in [-0.4, -0.2) is 25.5 Å². The van der Waals surface area contributed by atoms with Crippen molar-refractivity contribution >= 4 is 21.8 Å². The van der Waals surface area contributed by atoms with Gasteiger partial charge in [0.25, 0.3) is 5.91 Å². The molecule has 0 saturated heterocycles. The quantitative estimate of drug-likeness (QED) is 0.647. The Hall–Kier alpha value is -2.62. The lowest BCUT2D eigenvalue weighted by Gasteiger charge is -2.08. The van der Waals surface area contributed by atoms with Gasteiger partial charge >= 0.3 is 6.18 Å². The van der Waals surface area contributed by atoms with Crippen molar-refractivity contribution < 1.29 is 18.0 Å². The number of carbonyl (C=O) groups excluding carboxylic acids is 1. The highest BCUT2D eigenvalue weighted by molar-refractivity contribution is 9.10. The number of para-hydroxylation sites is 1. The van der Waals surface area contributed by atoms with E-state index in [1.165, 1.54) is 7.05 Å². The van der Waals surface area contributed by atoms with Crippen molar-refractivity contribution in [1.29, 1.82) is 0 Å². The van der Waals surface area contributed by atoms with Gasteiger partial charge in [-0.3, -0.25) is 9.48 Å². The Morgan fingerprint density at radius 2 is 1.82 bits per heavy atom. The Bertz CT molecular complexity index is 1020. The third-order valence-corrected chi connectivity index (χ3v) is 5.09. The first-order valence-electron chi connectivity index (χ1n) is 8.29. The third kappa shape index (κ3) is 3.68. The summed E-state index contributed by atoms with van der Waals surface area (Å²) in [5.74, 6) is -0.663. The lowest BCUT2D eigenvalue weighted by molar-refractivity contribution is -0.142. The van der Waals surface area contributed by atoms with Crippen LogP contribution >= 0.6 is 15.9 Å². The summed E-state index contributed by atoms with van der Waals surface area (Å²) in [6, 6.07) is 9.51. The molecule has 0 radical (unpaired) electrons. The van der Waals surface area contributed by atoms with Gasteiger partial charge in [-0.2, -0.15) is 23.4 Å². The van der Waals surface area contributed by atoms with Gasteiger partial charge in [0, 0.05) is 24.8 Å². The number of nitrogens with zero attached hydrogens (tertiary/aromatic N) is 4. The van der Waals surface area contributed by atoms with Crippen molar-refractivity contribution in [2.75, 3.05) is 0 Å². The van der Waals surface area contributed by atoms with Gasteiger partial charge in [-0.15, -0.1) is 0 Å². The van der Waals surface area contributed by atoms with Crippen LogP contribution < -0.4 is 5.32 Å². The van der Waals surface area contributed by atoms with E-state index in [0.29, 0.717) is 0 Å². The molecule has 28 heavy (non-hydrogen) atoms. The van der Waals surface area contributed by atoms with E-state index < -0.39 is 17.8 Å². The summed E-state index contributed by atoms with van der Waals surface area (Å²) in [7, 11) is 1.29. The molecule has 6 nitrogen and oxygen atoms in total. The molecule has 0 fully saturated rings. The van der Waals surface area contributed by atoms with Crippen molar-refractivity contribution in [2.45, 2.75) is 26.6 Å². The zero-order chi connectivity index (χ0) is 20.6. The average molecular weight is 456 g/mol. The summed E-state index contributed by atoms with van der Waals surface area (Å²) in [5.41, 5.74) is 1.91. The fraction of sp³-hybridized carbons (Fsp3) is 0.278. The highest BCUT2D eigenvalue weighted by Crippen LogP contribution is 2.35. The van der Waals surface area contributed by atoms with Gasteiger partial charge in [-0.25, -0.2) is 4.68 Å². The van der Waals surface area contributed by atoms with Gasteiger partial charge < -0.3 is 5.32 Å². The molecule has 0 spiro atoms. The summed E-state index contributed by atoms with van der Waals surface area (Å²) >= 11 is 2.85. The first-order chi connectivity index (χ1) is 13.1. The van der Waals surface area contributed by atoms with Crippen LogP contribution in [0.5, 0.6) is 0 Å². The number of amides is 1. The Labute approximate surface area is 167 Å². The molecule has 0 atom stereocenters. The van der Waals surface area contributed by atoms with Gasteiger partial charge in [0.2, 0.25) is 0 Å². The maximum absolute atomic E-state index is 13.0. The minimum Gasteiger partial charge on any atom is -0.346 e. The molecule has 3 rings (SSSR count). The highest BCUT2D eigenvalue weighted by atomic mass is 79.9. The maximum atomic E-state index is 13.0. The Kier molecular flexibility index (Phi) is 5.33. The molecule has 1 N–H and O–H groups in total. The van der Waals surface area contributed by atoms with Crippen molar-refractivity contribution in [2.24, 2.45) is 7.05 Å². The topological polar surface area (TPSA) is 64.7 Å². The van der Waals surface area contributed by atoms with Crippen LogP contribution in [0, 0.1) is 13.8 Å². The van der Waals surface area contributed by atoms with Crippen molar-refractivity contribution in [1.82, 2.24) is 24.9 Å². The fourth-order valence-electron chi connectivity index (χ4n) is 2.93. The van der Waals surface area contributed by atoms with Gasteiger partial charge in [-0.05, 0) is 41.9 Å². The van der Waals surface area contributed by atoms with Crippen LogP contribution in [0.3, 0.4) is 0 Å². The van der Waals surface area contributed by atoms with Gasteiger partial charge in [0.05, 0.1) is 15.9 Å². The second kappa shape index (κ2) is 7.42. The van der Waals surface area contributed by atoms with Crippen LogP contribution in [0.4, 0.5) is 13.2 Å². The number of alkyl halides is 3. The summed E-state index contributed by atoms with van der Waals surface area (Å²) in [6.45, 7) is 3.81. The molecule has 2 aromatic heterocycles. The monoisotopic (exact) mass is 455 g/mol. The lowest BCUT2D eigenvalue weighted by atomic mass is 10.2. The minimum atomic E-state index is -4.65. The number of hydrogen-bond donors (Lipinski definition) is 1. The molecule has 1 amide bonds. The second-order valence-corrected chi connectivity index (χ2v) is 7.00. The van der Waals surface area contributed by atoms with Crippen molar-refractivity contribution in [3.63, 3.8) is 0 Å². The molecule has 0 aliphatic carbocycles. The molecule has 10 heteroatoms. The van der Waals surface area contributed by atoms with E-state index in [9.17, 15) is 18.0 Å². The predicted molar refractivity (Wildman–Crippen MR) is 100 cm³/mol. The van der Waals surface area contributed by atoms with Crippen LogP contribution in [-0.2, 0) is 19.8 Å². The second-order valence-electron chi connectivity index (χ2n) is 6.21. The number of carbonyl (C=O) groups is 1. The van der Waals surface area contributed by atoms with Crippen LogP contribution in [0.25, 0.3) is 5.69 Å². The lowest BCUT2D eigenvalue weighted by Crippen LogP contribution is -2.26. The Morgan fingerprint density at radius 3 is 2.39 bits per heavy atom. The number of aryl methyl sites for hydroxylation is 2. The first kappa shape index (κ1) is 20.1. The van der Waals surface area contributed by atoms with Gasteiger partial charge in [0.1, 0.15) is 5.69 Å². The minimum absolute atomic E-state index is 0.127. The van der Waals surface area contributed by atoms with Gasteiger partial charge in [-0.1, -0.05) is 18.2 Å². The molecular weight excluding hydrogens is 439 g/mol. The molecule has 148 valence electrons. The molecule has 0 unspecified atom stereocenters. The molecule has 0 bridgehead atoms. The molecular formula is C18H17BrF3N5O. The molecule has 0 aliphatic rings. The average Bonchev–Trinajstić information content (AvgIpc) is 3.09. The number of benzene rings is 1. The Morgan fingerprint density at radius 1 is 1.18 bits per heavy atom. The van der Waals surface area contributed by atoms with Crippen LogP contribution in [0.1, 0.15) is 33.1 Å². The smallest absolute Gasteiger partial charge is 0.346 e. The summed E-state index contributed by atoms with van der Waals surface area (Å²) in [5, 5.41) is 10.6. The number of rotatable bonds is 4. The summed E-state index contributed by atoms with van der Waals surface area (Å²) < 4.78 is 41.2. The van der Waals surface area contributed by atoms with Gasteiger partial charge in [0.15, 0.2) is 5.69 Å². The SMILES string of the molecule is Cc1nn(-c2ccccc2)c(C)c1CNC(=O)c1c(Br)c(C(F)(F)F)nn1C. The summed E-state index contributed by atoms with van der Waals surface area (Å²) in [4.78, 5) is 12.5. The largest absolute Gasteiger partial charge is 0.436 e. The van der Waals surface area contributed by atoms with Crippen molar-refractivity contribution in [3.05, 3.63) is 63.1 Å². The van der Waals surface area contributed by atoms with E-state index in [1.54, 1.807) is 4.68 Å². The molecule has 0 saturated carbocycles. The van der Waals surface area contributed by atoms with E-state index >= 15 is 0 Å². The van der Waals surface area contributed by atoms with Crippen LogP contribution in [0.2, 0.25) is 0 Å².